The Morgan fingerprint density at radius 3 is 2.38 bits per heavy atom. The maximum absolute atomic E-state index is 12.3. The van der Waals surface area contributed by atoms with Crippen LogP contribution in [0, 0.1) is 0 Å². The Labute approximate surface area is 132 Å². The van der Waals surface area contributed by atoms with E-state index in [0.717, 1.165) is 18.5 Å². The van der Waals surface area contributed by atoms with Crippen LogP contribution in [0.15, 0.2) is 24.4 Å². The number of rotatable bonds is 3. The van der Waals surface area contributed by atoms with E-state index >= 15 is 0 Å². The number of hydrogen-bond donors (Lipinski definition) is 0. The summed E-state index contributed by atoms with van der Waals surface area (Å²) in [5, 5.41) is 0. The van der Waals surface area contributed by atoms with Crippen LogP contribution in [0.4, 0.5) is 21.7 Å². The third-order valence-corrected chi connectivity index (χ3v) is 1.62. The smallest absolute Gasteiger partial charge is 0.445 e. The summed E-state index contributed by atoms with van der Waals surface area (Å²) in [4.78, 5) is 3.48. The molecule has 0 amide bonds. The van der Waals surface area contributed by atoms with Crippen molar-refractivity contribution in [1.82, 2.24) is 4.98 Å². The van der Waals surface area contributed by atoms with E-state index in [2.05, 4.69) is 4.98 Å². The zero-order valence-electron chi connectivity index (χ0n) is 8.38. The standard InChI is InChI=1S/C8H6BF5N.K/c10-8(11)7-2-4-15-5-6(7)1-3-9(12,13)14;/h1-5,8H;/q-1;+1/b3-1+;. The van der Waals surface area contributed by atoms with Gasteiger partial charge in [0.05, 0.1) is 0 Å². The summed E-state index contributed by atoms with van der Waals surface area (Å²) < 4.78 is 60.1. The molecule has 1 nitrogen and oxygen atoms in total. The Bertz CT molecular complexity index is 366. The number of alkyl halides is 2. The summed E-state index contributed by atoms with van der Waals surface area (Å²) in [7, 11) is 0. The molecular weight excluding hydrogens is 255 g/mol. The van der Waals surface area contributed by atoms with Gasteiger partial charge in [-0.25, -0.2) is 8.78 Å². The van der Waals surface area contributed by atoms with Gasteiger partial charge in [-0.3, -0.25) is 4.98 Å². The molecule has 1 rings (SSSR count). The largest absolute Gasteiger partial charge is 1.00 e. The van der Waals surface area contributed by atoms with Gasteiger partial charge in [0, 0.05) is 18.0 Å². The first-order chi connectivity index (χ1) is 6.90. The fourth-order valence-corrected chi connectivity index (χ4v) is 0.968. The molecule has 0 aliphatic heterocycles. The van der Waals surface area contributed by atoms with Crippen molar-refractivity contribution in [3.63, 3.8) is 0 Å². The van der Waals surface area contributed by atoms with E-state index in [4.69, 9.17) is 0 Å². The van der Waals surface area contributed by atoms with Crippen LogP contribution in [0.25, 0.3) is 6.08 Å². The molecule has 1 aromatic rings. The summed E-state index contributed by atoms with van der Waals surface area (Å²) >= 11 is 0. The molecule has 0 unspecified atom stereocenters. The van der Waals surface area contributed by atoms with Crippen molar-refractivity contribution >= 4 is 13.1 Å². The zero-order chi connectivity index (χ0) is 11.5. The van der Waals surface area contributed by atoms with E-state index in [1.807, 2.05) is 0 Å². The predicted octanol–water partition coefficient (Wildman–Crippen LogP) is 0.423. The zero-order valence-corrected chi connectivity index (χ0v) is 11.5. The fraction of sp³-hybridized carbons (Fsp3) is 0.125. The molecule has 0 aliphatic carbocycles. The summed E-state index contributed by atoms with van der Waals surface area (Å²) in [5.41, 5.74) is -0.673. The Hall–Kier alpha value is 0.241. The van der Waals surface area contributed by atoms with Crippen molar-refractivity contribution in [2.75, 3.05) is 0 Å². The molecule has 1 aromatic heterocycles. The van der Waals surface area contributed by atoms with Crippen molar-refractivity contribution in [3.8, 4) is 0 Å². The van der Waals surface area contributed by atoms with Gasteiger partial charge in [-0.15, -0.1) is 5.98 Å². The number of hydrogen-bond acceptors (Lipinski definition) is 1. The van der Waals surface area contributed by atoms with Gasteiger partial charge in [-0.05, 0) is 11.6 Å². The van der Waals surface area contributed by atoms with Crippen molar-refractivity contribution in [1.29, 1.82) is 0 Å². The predicted molar refractivity (Wildman–Crippen MR) is 47.3 cm³/mol. The van der Waals surface area contributed by atoms with Crippen LogP contribution in [0.1, 0.15) is 17.6 Å². The number of nitrogens with zero attached hydrogens (tertiary/aromatic N) is 1. The summed E-state index contributed by atoms with van der Waals surface area (Å²) in [6.07, 6.45) is -0.125. The average molecular weight is 261 g/mol. The second-order valence-electron chi connectivity index (χ2n) is 2.79. The second kappa shape index (κ2) is 6.85. The van der Waals surface area contributed by atoms with Gasteiger partial charge in [-0.2, -0.15) is 0 Å². The molecule has 0 saturated carbocycles. The van der Waals surface area contributed by atoms with Crippen molar-refractivity contribution in [2.24, 2.45) is 0 Å². The minimum absolute atomic E-state index is 0. The second-order valence-corrected chi connectivity index (χ2v) is 2.79. The number of aromatic nitrogens is 1. The summed E-state index contributed by atoms with van der Waals surface area (Å²) in [5.74, 6) is -0.0388. The first-order valence-corrected chi connectivity index (χ1v) is 4.01. The van der Waals surface area contributed by atoms with Crippen LogP contribution in [-0.2, 0) is 0 Å². The monoisotopic (exact) mass is 261 g/mol. The van der Waals surface area contributed by atoms with Crippen molar-refractivity contribution in [2.45, 2.75) is 6.43 Å². The quantitative estimate of drug-likeness (QED) is 0.567. The third kappa shape index (κ3) is 5.53. The van der Waals surface area contributed by atoms with Gasteiger partial charge < -0.3 is 12.9 Å². The van der Waals surface area contributed by atoms with Gasteiger partial charge >= 0.3 is 58.4 Å². The maximum Gasteiger partial charge on any atom is 1.00 e. The molecule has 0 atom stereocenters. The molecule has 8 heteroatoms. The molecule has 82 valence electrons. The van der Waals surface area contributed by atoms with Gasteiger partial charge in [-0.1, -0.05) is 6.08 Å². The summed E-state index contributed by atoms with van der Waals surface area (Å²) in [6, 6.07) is 0.994. The molecule has 0 spiro atoms. The van der Waals surface area contributed by atoms with E-state index in [9.17, 15) is 21.7 Å². The number of halogens is 5. The van der Waals surface area contributed by atoms with E-state index in [0.29, 0.717) is 6.08 Å². The topological polar surface area (TPSA) is 12.9 Å². The molecule has 0 N–H and O–H groups in total. The molecule has 0 aliphatic rings. The van der Waals surface area contributed by atoms with E-state index in [1.54, 1.807) is 0 Å². The third-order valence-electron chi connectivity index (χ3n) is 1.62. The van der Waals surface area contributed by atoms with Crippen LogP contribution >= 0.6 is 0 Å². The van der Waals surface area contributed by atoms with Gasteiger partial charge in [0.1, 0.15) is 0 Å². The van der Waals surface area contributed by atoms with E-state index in [1.165, 1.54) is 0 Å². The van der Waals surface area contributed by atoms with Crippen molar-refractivity contribution < 1.29 is 73.1 Å². The van der Waals surface area contributed by atoms with Crippen LogP contribution in [-0.4, -0.2) is 12.0 Å². The molecule has 0 aromatic carbocycles. The molecule has 16 heavy (non-hydrogen) atoms. The summed E-state index contributed by atoms with van der Waals surface area (Å²) in [6.45, 7) is -5.12. The molecule has 0 radical (unpaired) electrons. The van der Waals surface area contributed by atoms with E-state index < -0.39 is 19.0 Å². The van der Waals surface area contributed by atoms with Crippen LogP contribution in [0.5, 0.6) is 0 Å². The minimum atomic E-state index is -5.12. The fourth-order valence-electron chi connectivity index (χ4n) is 0.968. The van der Waals surface area contributed by atoms with Gasteiger partial charge in [0.25, 0.3) is 6.43 Å². The van der Waals surface area contributed by atoms with Crippen molar-refractivity contribution in [3.05, 3.63) is 35.6 Å². The normalized spacial score (nSPS) is 11.9. The Morgan fingerprint density at radius 1 is 1.25 bits per heavy atom. The Balaban J connectivity index is 0.00000225. The van der Waals surface area contributed by atoms with Crippen LogP contribution in [0.3, 0.4) is 0 Å². The molecule has 0 bridgehead atoms. The molecule has 0 saturated heterocycles. The van der Waals surface area contributed by atoms with Gasteiger partial charge in [0.15, 0.2) is 0 Å². The first-order valence-electron chi connectivity index (χ1n) is 4.01. The van der Waals surface area contributed by atoms with Gasteiger partial charge in [0.2, 0.25) is 0 Å². The molecular formula is C8H6BF5KN. The SMILES string of the molecule is FC(F)c1ccncc1/C=C/[B-](F)(F)F.[K+]. The minimum Gasteiger partial charge on any atom is -0.445 e. The average Bonchev–Trinajstić information content (AvgIpc) is 2.14. The Kier molecular flexibility index (Phi) is 6.95. The Morgan fingerprint density at radius 2 is 1.88 bits per heavy atom. The first kappa shape index (κ1) is 16.2. The van der Waals surface area contributed by atoms with E-state index in [-0.39, 0.29) is 62.9 Å². The molecule has 1 heterocycles. The van der Waals surface area contributed by atoms with Crippen LogP contribution < -0.4 is 51.4 Å². The maximum atomic E-state index is 12.3. The molecule has 0 fully saturated rings. The van der Waals surface area contributed by atoms with Crippen LogP contribution in [0.2, 0.25) is 0 Å². The number of pyridine rings is 1.